The van der Waals surface area contributed by atoms with Crippen molar-refractivity contribution in [2.24, 2.45) is 5.92 Å². The summed E-state index contributed by atoms with van der Waals surface area (Å²) in [6.07, 6.45) is 0. The summed E-state index contributed by atoms with van der Waals surface area (Å²) in [7, 11) is 2.17. The molecule has 0 aliphatic carbocycles. The number of nitrogens with one attached hydrogen (secondary N) is 2. The zero-order valence-electron chi connectivity index (χ0n) is 13.7. The van der Waals surface area contributed by atoms with Gasteiger partial charge in [-0.25, -0.2) is 4.79 Å². The van der Waals surface area contributed by atoms with Gasteiger partial charge in [-0.2, -0.15) is 0 Å². The molecule has 0 spiro atoms. The number of likely N-dealkylation sites (N-methyl/N-ethyl adjacent to an activating group) is 1. The number of rotatable bonds is 6. The Labute approximate surface area is 133 Å². The lowest BCUT2D eigenvalue weighted by Gasteiger charge is -2.33. The molecule has 0 bridgehead atoms. The molecular formula is C17H28N4O. The zero-order chi connectivity index (χ0) is 15.8. The van der Waals surface area contributed by atoms with Gasteiger partial charge in [-0.3, -0.25) is 0 Å². The third-order valence-corrected chi connectivity index (χ3v) is 4.07. The normalized spacial score (nSPS) is 17.9. The fraction of sp³-hybridized carbons (Fsp3) is 0.588. The van der Waals surface area contributed by atoms with E-state index in [1.165, 1.54) is 0 Å². The van der Waals surface area contributed by atoms with Crippen LogP contribution in [-0.2, 0) is 6.54 Å². The minimum absolute atomic E-state index is 0.0888. The van der Waals surface area contributed by atoms with Crippen LogP contribution >= 0.6 is 0 Å². The van der Waals surface area contributed by atoms with E-state index in [2.05, 4.69) is 34.4 Å². The van der Waals surface area contributed by atoms with Crippen LogP contribution in [0.25, 0.3) is 0 Å². The van der Waals surface area contributed by atoms with Gasteiger partial charge in [0.15, 0.2) is 0 Å². The molecule has 5 nitrogen and oxygen atoms in total. The van der Waals surface area contributed by atoms with Gasteiger partial charge < -0.3 is 20.4 Å². The molecule has 1 atom stereocenters. The van der Waals surface area contributed by atoms with E-state index < -0.39 is 0 Å². The summed E-state index contributed by atoms with van der Waals surface area (Å²) < 4.78 is 0. The third-order valence-electron chi connectivity index (χ3n) is 4.07. The molecular weight excluding hydrogens is 276 g/mol. The van der Waals surface area contributed by atoms with Crippen molar-refractivity contribution >= 4 is 6.03 Å². The predicted molar refractivity (Wildman–Crippen MR) is 89.8 cm³/mol. The summed E-state index contributed by atoms with van der Waals surface area (Å²) in [5.41, 5.74) is 1.11. The highest BCUT2D eigenvalue weighted by atomic mass is 16.2. The molecule has 1 unspecified atom stereocenters. The quantitative estimate of drug-likeness (QED) is 0.834. The van der Waals surface area contributed by atoms with Crippen molar-refractivity contribution < 1.29 is 4.79 Å². The Balaban J connectivity index is 1.59. The zero-order valence-corrected chi connectivity index (χ0v) is 13.7. The van der Waals surface area contributed by atoms with Crippen LogP contribution < -0.4 is 10.6 Å². The third kappa shape index (κ3) is 6.03. The Morgan fingerprint density at radius 2 is 1.82 bits per heavy atom. The Kier molecular flexibility index (Phi) is 6.68. The summed E-state index contributed by atoms with van der Waals surface area (Å²) in [5, 5.41) is 5.86. The van der Waals surface area contributed by atoms with Gasteiger partial charge >= 0.3 is 6.03 Å². The lowest BCUT2D eigenvalue weighted by Crippen LogP contribution is -2.47. The first-order valence-electron chi connectivity index (χ1n) is 8.10. The van der Waals surface area contributed by atoms with Crippen molar-refractivity contribution in [2.75, 3.05) is 46.3 Å². The largest absolute Gasteiger partial charge is 0.338 e. The van der Waals surface area contributed by atoms with Gasteiger partial charge in [-0.05, 0) is 18.5 Å². The van der Waals surface area contributed by atoms with E-state index in [4.69, 9.17) is 0 Å². The summed E-state index contributed by atoms with van der Waals surface area (Å²) in [6, 6.07) is 9.87. The van der Waals surface area contributed by atoms with Gasteiger partial charge in [0.05, 0.1) is 0 Å². The minimum Gasteiger partial charge on any atom is -0.338 e. The van der Waals surface area contributed by atoms with E-state index >= 15 is 0 Å². The fourth-order valence-electron chi connectivity index (χ4n) is 2.64. The van der Waals surface area contributed by atoms with E-state index in [0.717, 1.165) is 38.3 Å². The number of hydrogen-bond acceptors (Lipinski definition) is 3. The van der Waals surface area contributed by atoms with Crippen molar-refractivity contribution in [3.63, 3.8) is 0 Å². The van der Waals surface area contributed by atoms with Crippen LogP contribution in [0, 0.1) is 5.92 Å². The SMILES string of the molecule is CC(CNC(=O)NCc1ccccc1)CN1CCN(C)CC1. The molecule has 2 rings (SSSR count). The molecule has 1 heterocycles. The van der Waals surface area contributed by atoms with Gasteiger partial charge in [-0.1, -0.05) is 37.3 Å². The maximum Gasteiger partial charge on any atom is 0.315 e. The summed E-state index contributed by atoms with van der Waals surface area (Å²) in [4.78, 5) is 16.7. The van der Waals surface area contributed by atoms with Gasteiger partial charge in [0, 0.05) is 45.8 Å². The van der Waals surface area contributed by atoms with Crippen molar-refractivity contribution in [3.05, 3.63) is 35.9 Å². The minimum atomic E-state index is -0.0888. The van der Waals surface area contributed by atoms with Crippen molar-refractivity contribution in [1.82, 2.24) is 20.4 Å². The highest BCUT2D eigenvalue weighted by Gasteiger charge is 2.16. The number of amides is 2. The Morgan fingerprint density at radius 1 is 1.14 bits per heavy atom. The monoisotopic (exact) mass is 304 g/mol. The number of carbonyl (C=O) groups is 1. The van der Waals surface area contributed by atoms with Gasteiger partial charge in [0.1, 0.15) is 0 Å². The van der Waals surface area contributed by atoms with Gasteiger partial charge in [0.2, 0.25) is 0 Å². The highest BCUT2D eigenvalue weighted by molar-refractivity contribution is 5.73. The molecule has 2 N–H and O–H groups in total. The van der Waals surface area contributed by atoms with Crippen LogP contribution in [0.15, 0.2) is 30.3 Å². The molecule has 122 valence electrons. The van der Waals surface area contributed by atoms with Gasteiger partial charge in [-0.15, -0.1) is 0 Å². The highest BCUT2D eigenvalue weighted by Crippen LogP contribution is 2.04. The average molecular weight is 304 g/mol. The number of benzene rings is 1. The standard InChI is InChI=1S/C17H28N4O/c1-15(14-21-10-8-20(2)9-11-21)12-18-17(22)19-13-16-6-4-3-5-7-16/h3-7,15H,8-14H2,1-2H3,(H2,18,19,22). The van der Waals surface area contributed by atoms with Crippen LogP contribution in [0.1, 0.15) is 12.5 Å². The van der Waals surface area contributed by atoms with Crippen molar-refractivity contribution in [3.8, 4) is 0 Å². The molecule has 1 saturated heterocycles. The molecule has 1 aromatic rings. The molecule has 2 amide bonds. The van der Waals surface area contributed by atoms with E-state index in [1.54, 1.807) is 0 Å². The summed E-state index contributed by atoms with van der Waals surface area (Å²) in [5.74, 6) is 0.464. The van der Waals surface area contributed by atoms with Crippen LogP contribution in [0.5, 0.6) is 0 Å². The molecule has 0 radical (unpaired) electrons. The molecule has 1 aliphatic rings. The van der Waals surface area contributed by atoms with Crippen molar-refractivity contribution in [1.29, 1.82) is 0 Å². The molecule has 1 aliphatic heterocycles. The number of carbonyl (C=O) groups excluding carboxylic acids is 1. The smallest absolute Gasteiger partial charge is 0.315 e. The Morgan fingerprint density at radius 3 is 2.50 bits per heavy atom. The number of hydrogen-bond donors (Lipinski definition) is 2. The van der Waals surface area contributed by atoms with Crippen LogP contribution in [-0.4, -0.2) is 62.1 Å². The fourth-order valence-corrected chi connectivity index (χ4v) is 2.64. The molecule has 22 heavy (non-hydrogen) atoms. The molecule has 0 aromatic heterocycles. The number of piperazine rings is 1. The van der Waals surface area contributed by atoms with E-state index in [9.17, 15) is 4.79 Å². The maximum atomic E-state index is 11.8. The average Bonchev–Trinajstić information content (AvgIpc) is 2.54. The molecule has 0 saturated carbocycles. The van der Waals surface area contributed by atoms with Crippen LogP contribution in [0.2, 0.25) is 0 Å². The summed E-state index contributed by atoms with van der Waals surface area (Å²) >= 11 is 0. The Bertz CT molecular complexity index is 443. The lowest BCUT2D eigenvalue weighted by atomic mass is 10.1. The lowest BCUT2D eigenvalue weighted by molar-refractivity contribution is 0.138. The first kappa shape index (κ1) is 16.8. The van der Waals surface area contributed by atoms with E-state index in [1.807, 2.05) is 30.3 Å². The maximum absolute atomic E-state index is 11.8. The summed E-state index contributed by atoms with van der Waals surface area (Å²) in [6.45, 7) is 9.05. The van der Waals surface area contributed by atoms with Gasteiger partial charge in [0.25, 0.3) is 0 Å². The number of nitrogens with zero attached hydrogens (tertiary/aromatic N) is 2. The second-order valence-corrected chi connectivity index (χ2v) is 6.26. The second-order valence-electron chi connectivity index (χ2n) is 6.26. The van der Waals surface area contributed by atoms with Crippen LogP contribution in [0.3, 0.4) is 0 Å². The topological polar surface area (TPSA) is 47.6 Å². The van der Waals surface area contributed by atoms with E-state index in [0.29, 0.717) is 19.0 Å². The molecule has 1 aromatic carbocycles. The second kappa shape index (κ2) is 8.76. The molecule has 5 heteroatoms. The molecule has 1 fully saturated rings. The Hall–Kier alpha value is -1.59. The van der Waals surface area contributed by atoms with Crippen LogP contribution in [0.4, 0.5) is 4.79 Å². The van der Waals surface area contributed by atoms with E-state index in [-0.39, 0.29) is 6.03 Å². The first-order valence-corrected chi connectivity index (χ1v) is 8.10. The van der Waals surface area contributed by atoms with Crippen molar-refractivity contribution in [2.45, 2.75) is 13.5 Å². The number of urea groups is 1. The predicted octanol–water partition coefficient (Wildman–Crippen LogP) is 1.37. The first-order chi connectivity index (χ1) is 10.6.